The second kappa shape index (κ2) is 6.95. The van der Waals surface area contributed by atoms with Crippen LogP contribution in [0.1, 0.15) is 47.3 Å². The summed E-state index contributed by atoms with van der Waals surface area (Å²) in [5.41, 5.74) is 0. The number of thiophene rings is 1. The molecular weight excluding hydrogens is 350 g/mol. The topological polar surface area (TPSA) is 54.9 Å². The highest BCUT2D eigenvalue weighted by atomic mass is 35.5. The summed E-state index contributed by atoms with van der Waals surface area (Å²) in [6.07, 6.45) is 2.16. The summed E-state index contributed by atoms with van der Waals surface area (Å²) in [5.74, 6) is 0.123. The van der Waals surface area contributed by atoms with Crippen molar-refractivity contribution in [3.05, 3.63) is 39.2 Å². The van der Waals surface area contributed by atoms with Gasteiger partial charge in [-0.2, -0.15) is 0 Å². The Morgan fingerprint density at radius 3 is 2.83 bits per heavy atom. The SMILES string of the molecule is CCC[C@H](C)c1nnc(NC(=O)c2sc3ccccc3c2Cl)s1. The lowest BCUT2D eigenvalue weighted by Gasteiger charge is -2.03. The zero-order chi connectivity index (χ0) is 16.4. The van der Waals surface area contributed by atoms with Crippen LogP contribution >= 0.6 is 34.3 Å². The number of nitrogens with zero attached hydrogens (tertiary/aromatic N) is 2. The van der Waals surface area contributed by atoms with Crippen molar-refractivity contribution in [2.45, 2.75) is 32.6 Å². The second-order valence-corrected chi connectivity index (χ2v) is 7.77. The highest BCUT2D eigenvalue weighted by Gasteiger charge is 2.19. The Balaban J connectivity index is 1.79. The van der Waals surface area contributed by atoms with Crippen molar-refractivity contribution < 1.29 is 4.79 Å². The van der Waals surface area contributed by atoms with Gasteiger partial charge in [0.05, 0.1) is 5.02 Å². The summed E-state index contributed by atoms with van der Waals surface area (Å²) in [7, 11) is 0. The first-order valence-electron chi connectivity index (χ1n) is 7.42. The van der Waals surface area contributed by atoms with Crippen LogP contribution in [0.4, 0.5) is 5.13 Å². The number of amides is 1. The Labute approximate surface area is 147 Å². The third-order valence-corrected chi connectivity index (χ3v) is 6.29. The molecule has 3 rings (SSSR count). The van der Waals surface area contributed by atoms with Gasteiger partial charge in [0.25, 0.3) is 5.91 Å². The zero-order valence-electron chi connectivity index (χ0n) is 12.8. The van der Waals surface area contributed by atoms with E-state index in [1.54, 1.807) is 0 Å². The maximum absolute atomic E-state index is 12.5. The van der Waals surface area contributed by atoms with Crippen LogP contribution in [-0.4, -0.2) is 16.1 Å². The number of nitrogens with one attached hydrogen (secondary N) is 1. The van der Waals surface area contributed by atoms with Crippen LogP contribution in [0.5, 0.6) is 0 Å². The molecular formula is C16H16ClN3OS2. The fourth-order valence-corrected chi connectivity index (χ4v) is 4.59. The Kier molecular flexibility index (Phi) is 4.94. The minimum absolute atomic E-state index is 0.234. The first kappa shape index (κ1) is 16.4. The molecule has 1 N–H and O–H groups in total. The van der Waals surface area contributed by atoms with Crippen molar-refractivity contribution in [3.8, 4) is 0 Å². The minimum atomic E-state index is -0.234. The number of hydrogen-bond donors (Lipinski definition) is 1. The molecule has 1 aromatic carbocycles. The van der Waals surface area contributed by atoms with Gasteiger partial charge in [-0.3, -0.25) is 10.1 Å². The van der Waals surface area contributed by atoms with Crippen molar-refractivity contribution in [2.24, 2.45) is 0 Å². The van der Waals surface area contributed by atoms with Crippen LogP contribution in [0.2, 0.25) is 5.02 Å². The number of aromatic nitrogens is 2. The van der Waals surface area contributed by atoms with Gasteiger partial charge in [0.1, 0.15) is 9.88 Å². The number of carbonyl (C=O) groups excluding carboxylic acids is 1. The van der Waals surface area contributed by atoms with E-state index >= 15 is 0 Å². The number of carbonyl (C=O) groups is 1. The Hall–Kier alpha value is -1.50. The van der Waals surface area contributed by atoms with Crippen LogP contribution < -0.4 is 5.32 Å². The maximum Gasteiger partial charge on any atom is 0.269 e. The molecule has 0 unspecified atom stereocenters. The molecule has 0 aliphatic rings. The number of halogens is 1. The average molecular weight is 366 g/mol. The van der Waals surface area contributed by atoms with Crippen LogP contribution in [0.15, 0.2) is 24.3 Å². The largest absolute Gasteiger partial charge is 0.296 e. The lowest BCUT2D eigenvalue weighted by atomic mass is 10.1. The fraction of sp³-hybridized carbons (Fsp3) is 0.312. The first-order chi connectivity index (χ1) is 11.1. The summed E-state index contributed by atoms with van der Waals surface area (Å²) >= 11 is 9.14. The Morgan fingerprint density at radius 1 is 1.30 bits per heavy atom. The molecule has 7 heteroatoms. The zero-order valence-corrected chi connectivity index (χ0v) is 15.2. The van der Waals surface area contributed by atoms with E-state index in [0.29, 0.717) is 20.9 Å². The lowest BCUT2D eigenvalue weighted by molar-refractivity contribution is 0.103. The van der Waals surface area contributed by atoms with E-state index in [9.17, 15) is 4.79 Å². The van der Waals surface area contributed by atoms with Gasteiger partial charge in [-0.25, -0.2) is 0 Å². The lowest BCUT2D eigenvalue weighted by Crippen LogP contribution is -2.10. The van der Waals surface area contributed by atoms with Crippen molar-refractivity contribution in [1.29, 1.82) is 0 Å². The van der Waals surface area contributed by atoms with Gasteiger partial charge in [-0.15, -0.1) is 21.5 Å². The van der Waals surface area contributed by atoms with E-state index in [-0.39, 0.29) is 5.91 Å². The van der Waals surface area contributed by atoms with Crippen LogP contribution in [0.3, 0.4) is 0 Å². The van der Waals surface area contributed by atoms with Crippen LogP contribution in [0, 0.1) is 0 Å². The molecule has 2 heterocycles. The monoisotopic (exact) mass is 365 g/mol. The molecule has 0 spiro atoms. The van der Waals surface area contributed by atoms with Gasteiger partial charge in [-0.05, 0) is 12.5 Å². The smallest absolute Gasteiger partial charge is 0.269 e. The molecule has 0 bridgehead atoms. The van der Waals surface area contributed by atoms with Crippen molar-refractivity contribution >= 4 is 55.4 Å². The molecule has 0 fully saturated rings. The molecule has 1 atom stereocenters. The average Bonchev–Trinajstić information content (AvgIpc) is 3.13. The summed E-state index contributed by atoms with van der Waals surface area (Å²) in [6.45, 7) is 4.27. The quantitative estimate of drug-likeness (QED) is 0.643. The highest BCUT2D eigenvalue weighted by Crippen LogP contribution is 2.36. The van der Waals surface area contributed by atoms with Crippen molar-refractivity contribution in [3.63, 3.8) is 0 Å². The predicted molar refractivity (Wildman–Crippen MR) is 98.0 cm³/mol. The summed E-state index contributed by atoms with van der Waals surface area (Å²) in [4.78, 5) is 13.0. The minimum Gasteiger partial charge on any atom is -0.296 e. The molecule has 4 nitrogen and oxygen atoms in total. The van der Waals surface area contributed by atoms with Crippen molar-refractivity contribution in [1.82, 2.24) is 10.2 Å². The summed E-state index contributed by atoms with van der Waals surface area (Å²) in [5, 5.41) is 13.9. The summed E-state index contributed by atoms with van der Waals surface area (Å²) < 4.78 is 0.997. The fourth-order valence-electron chi connectivity index (χ4n) is 2.35. The number of rotatable bonds is 5. The number of benzene rings is 1. The third kappa shape index (κ3) is 3.39. The number of hydrogen-bond acceptors (Lipinski definition) is 5. The van der Waals surface area contributed by atoms with Gasteiger partial charge >= 0.3 is 0 Å². The van der Waals surface area contributed by atoms with Gasteiger partial charge in [0.2, 0.25) is 5.13 Å². The molecule has 0 aliphatic heterocycles. The molecule has 3 aromatic rings. The standard InChI is InChI=1S/C16H16ClN3OS2/c1-3-6-9(2)15-19-20-16(23-15)18-14(21)13-12(17)10-7-4-5-8-11(10)22-13/h4-5,7-9H,3,6H2,1-2H3,(H,18,20,21)/t9-/m0/s1. The third-order valence-electron chi connectivity index (χ3n) is 3.55. The van der Waals surface area contributed by atoms with Crippen LogP contribution in [0.25, 0.3) is 10.1 Å². The molecule has 0 saturated heterocycles. The van der Waals surface area contributed by atoms with Crippen molar-refractivity contribution in [2.75, 3.05) is 5.32 Å². The first-order valence-corrected chi connectivity index (χ1v) is 9.43. The molecule has 23 heavy (non-hydrogen) atoms. The predicted octanol–water partition coefficient (Wildman–Crippen LogP) is 5.56. The maximum atomic E-state index is 12.5. The normalized spacial score (nSPS) is 12.5. The van der Waals surface area contributed by atoms with E-state index < -0.39 is 0 Å². The number of fused-ring (bicyclic) bond motifs is 1. The summed E-state index contributed by atoms with van der Waals surface area (Å²) in [6, 6.07) is 7.72. The van der Waals surface area contributed by atoms with E-state index in [1.807, 2.05) is 24.3 Å². The van der Waals surface area contributed by atoms with E-state index in [0.717, 1.165) is 27.9 Å². The molecule has 0 saturated carbocycles. The molecule has 120 valence electrons. The van der Waals surface area contributed by atoms with E-state index in [2.05, 4.69) is 29.4 Å². The van der Waals surface area contributed by atoms with Gasteiger partial charge < -0.3 is 0 Å². The molecule has 0 aliphatic carbocycles. The van der Waals surface area contributed by atoms with Crippen LogP contribution in [-0.2, 0) is 0 Å². The second-order valence-electron chi connectivity index (χ2n) is 5.33. The number of anilines is 1. The van der Waals surface area contributed by atoms with Gasteiger partial charge in [0.15, 0.2) is 0 Å². The molecule has 2 aromatic heterocycles. The molecule has 0 radical (unpaired) electrons. The van der Waals surface area contributed by atoms with E-state index in [4.69, 9.17) is 11.6 Å². The highest BCUT2D eigenvalue weighted by molar-refractivity contribution is 7.22. The van der Waals surface area contributed by atoms with Gasteiger partial charge in [0, 0.05) is 16.0 Å². The van der Waals surface area contributed by atoms with E-state index in [1.165, 1.54) is 22.7 Å². The molecule has 1 amide bonds. The Bertz CT molecular complexity index is 843. The Morgan fingerprint density at radius 2 is 2.09 bits per heavy atom. The van der Waals surface area contributed by atoms with Gasteiger partial charge in [-0.1, -0.05) is 61.4 Å².